The predicted molar refractivity (Wildman–Crippen MR) is 75.3 cm³/mol. The van der Waals surface area contributed by atoms with Crippen LogP contribution >= 0.6 is 0 Å². The highest BCUT2D eigenvalue weighted by Crippen LogP contribution is 2.23. The van der Waals surface area contributed by atoms with E-state index in [-0.39, 0.29) is 23.5 Å². The molecule has 0 fully saturated rings. The molecule has 0 N–H and O–H groups in total. The zero-order valence-corrected chi connectivity index (χ0v) is 11.3. The minimum absolute atomic E-state index is 0.104. The molecule has 1 heterocycles. The highest BCUT2D eigenvalue weighted by molar-refractivity contribution is 5.99. The van der Waals surface area contributed by atoms with Gasteiger partial charge in [0.2, 0.25) is 5.78 Å². The summed E-state index contributed by atoms with van der Waals surface area (Å²) >= 11 is 0. The van der Waals surface area contributed by atoms with E-state index < -0.39 is 11.6 Å². The first-order valence-electron chi connectivity index (χ1n) is 6.50. The third-order valence-corrected chi connectivity index (χ3v) is 3.30. The van der Waals surface area contributed by atoms with Crippen LogP contribution in [0.4, 0.5) is 8.78 Å². The molecule has 0 aliphatic rings. The Morgan fingerprint density at radius 1 is 1.10 bits per heavy atom. The second-order valence-corrected chi connectivity index (χ2v) is 4.98. The van der Waals surface area contributed by atoms with Gasteiger partial charge in [-0.3, -0.25) is 4.79 Å². The highest BCUT2D eigenvalue weighted by atomic mass is 19.1. The molecule has 0 aliphatic heterocycles. The minimum atomic E-state index is -0.696. The number of rotatable bonds is 3. The van der Waals surface area contributed by atoms with Gasteiger partial charge in [-0.15, -0.1) is 0 Å². The number of benzene rings is 2. The molecule has 0 atom stereocenters. The standard InChI is InChI=1S/C17H12F2O2/c1-10-3-2-4-12-8-16(21-17(10)12)15(20)7-11-5-13(18)9-14(19)6-11/h2-6,8-9H,7H2,1H3. The van der Waals surface area contributed by atoms with Gasteiger partial charge in [-0.1, -0.05) is 18.2 Å². The fourth-order valence-electron chi connectivity index (χ4n) is 2.33. The van der Waals surface area contributed by atoms with E-state index in [9.17, 15) is 13.6 Å². The van der Waals surface area contributed by atoms with Crippen molar-refractivity contribution in [3.8, 4) is 0 Å². The molecule has 2 aromatic carbocycles. The Labute approximate surface area is 120 Å². The van der Waals surface area contributed by atoms with Crippen molar-refractivity contribution in [2.45, 2.75) is 13.3 Å². The molecule has 1 aromatic heterocycles. The summed E-state index contributed by atoms with van der Waals surface area (Å²) in [5.41, 5.74) is 1.88. The zero-order chi connectivity index (χ0) is 15.0. The molecule has 0 saturated heterocycles. The summed E-state index contributed by atoms with van der Waals surface area (Å²) in [6.07, 6.45) is -0.104. The van der Waals surface area contributed by atoms with E-state index >= 15 is 0 Å². The van der Waals surface area contributed by atoms with Gasteiger partial charge in [-0.2, -0.15) is 0 Å². The number of Topliss-reactive ketones (excluding diaryl/α,β-unsaturated/α-hetero) is 1. The maximum atomic E-state index is 13.1. The minimum Gasteiger partial charge on any atom is -0.453 e. The van der Waals surface area contributed by atoms with Crippen molar-refractivity contribution in [2.75, 3.05) is 0 Å². The van der Waals surface area contributed by atoms with Gasteiger partial charge in [0.05, 0.1) is 0 Å². The highest BCUT2D eigenvalue weighted by Gasteiger charge is 2.14. The summed E-state index contributed by atoms with van der Waals surface area (Å²) in [6, 6.07) is 10.3. The largest absolute Gasteiger partial charge is 0.453 e. The maximum absolute atomic E-state index is 13.1. The Kier molecular flexibility index (Phi) is 3.29. The van der Waals surface area contributed by atoms with Crippen molar-refractivity contribution < 1.29 is 18.0 Å². The lowest BCUT2D eigenvalue weighted by atomic mass is 10.1. The molecule has 0 unspecified atom stereocenters. The molecule has 0 spiro atoms. The van der Waals surface area contributed by atoms with Crippen LogP contribution in [0.15, 0.2) is 46.9 Å². The van der Waals surface area contributed by atoms with Crippen LogP contribution in [0.25, 0.3) is 11.0 Å². The maximum Gasteiger partial charge on any atom is 0.202 e. The molecule has 21 heavy (non-hydrogen) atoms. The van der Waals surface area contributed by atoms with Crippen LogP contribution < -0.4 is 0 Å². The van der Waals surface area contributed by atoms with Crippen molar-refractivity contribution >= 4 is 16.8 Å². The van der Waals surface area contributed by atoms with Crippen molar-refractivity contribution in [1.82, 2.24) is 0 Å². The number of fused-ring (bicyclic) bond motifs is 1. The normalized spacial score (nSPS) is 11.0. The Morgan fingerprint density at radius 2 is 1.81 bits per heavy atom. The fourth-order valence-corrected chi connectivity index (χ4v) is 2.33. The van der Waals surface area contributed by atoms with Crippen molar-refractivity contribution in [3.63, 3.8) is 0 Å². The van der Waals surface area contributed by atoms with E-state index in [0.717, 1.165) is 29.1 Å². The van der Waals surface area contributed by atoms with Gasteiger partial charge in [-0.25, -0.2) is 8.78 Å². The number of aryl methyl sites for hydroxylation is 1. The SMILES string of the molecule is Cc1cccc2cc(C(=O)Cc3cc(F)cc(F)c3)oc12. The fraction of sp³-hybridized carbons (Fsp3) is 0.118. The number of hydrogen-bond acceptors (Lipinski definition) is 2. The van der Waals surface area contributed by atoms with Gasteiger partial charge >= 0.3 is 0 Å². The van der Waals surface area contributed by atoms with Crippen molar-refractivity contribution in [3.05, 3.63) is 71.0 Å². The first-order valence-corrected chi connectivity index (χ1v) is 6.50. The van der Waals surface area contributed by atoms with Gasteiger partial charge in [0.1, 0.15) is 17.2 Å². The van der Waals surface area contributed by atoms with E-state index in [1.807, 2.05) is 25.1 Å². The van der Waals surface area contributed by atoms with E-state index in [1.54, 1.807) is 6.07 Å². The molecule has 3 aromatic rings. The Hall–Kier alpha value is -2.49. The van der Waals surface area contributed by atoms with E-state index in [0.29, 0.717) is 5.58 Å². The molecule has 0 aliphatic carbocycles. The van der Waals surface area contributed by atoms with Crippen LogP contribution in [0, 0.1) is 18.6 Å². The molecule has 0 amide bonds. The number of carbonyl (C=O) groups excluding carboxylic acids is 1. The number of para-hydroxylation sites is 1. The summed E-state index contributed by atoms with van der Waals surface area (Å²) in [6.45, 7) is 1.89. The van der Waals surface area contributed by atoms with E-state index in [2.05, 4.69) is 0 Å². The number of carbonyl (C=O) groups is 1. The summed E-state index contributed by atoms with van der Waals surface area (Å²) in [7, 11) is 0. The molecular formula is C17H12F2O2. The topological polar surface area (TPSA) is 30.2 Å². The number of halogens is 2. The Bertz CT molecular complexity index is 814. The third kappa shape index (κ3) is 2.70. The molecule has 4 heteroatoms. The molecule has 3 rings (SSSR count). The Morgan fingerprint density at radius 3 is 2.48 bits per heavy atom. The average Bonchev–Trinajstić information content (AvgIpc) is 2.83. The van der Waals surface area contributed by atoms with Gasteiger partial charge in [0, 0.05) is 17.9 Å². The van der Waals surface area contributed by atoms with Gasteiger partial charge in [0.15, 0.2) is 5.76 Å². The summed E-state index contributed by atoms with van der Waals surface area (Å²) < 4.78 is 31.8. The van der Waals surface area contributed by atoms with Crippen LogP contribution in [0.3, 0.4) is 0 Å². The lowest BCUT2D eigenvalue weighted by Gasteiger charge is -2.00. The lowest BCUT2D eigenvalue weighted by Crippen LogP contribution is -2.02. The number of hydrogen-bond donors (Lipinski definition) is 0. The first kappa shape index (κ1) is 13.5. The quantitative estimate of drug-likeness (QED) is 0.666. The average molecular weight is 286 g/mol. The Balaban J connectivity index is 1.91. The molecule has 106 valence electrons. The second kappa shape index (κ2) is 5.13. The summed E-state index contributed by atoms with van der Waals surface area (Å²) in [4.78, 5) is 12.2. The van der Waals surface area contributed by atoms with Crippen LogP contribution in [-0.4, -0.2) is 5.78 Å². The summed E-state index contributed by atoms with van der Waals surface area (Å²) in [5.74, 6) is -1.50. The second-order valence-electron chi connectivity index (χ2n) is 4.98. The van der Waals surface area contributed by atoms with Gasteiger partial charge in [0.25, 0.3) is 0 Å². The number of furan rings is 1. The third-order valence-electron chi connectivity index (χ3n) is 3.30. The molecule has 0 bridgehead atoms. The zero-order valence-electron chi connectivity index (χ0n) is 11.3. The van der Waals surface area contributed by atoms with E-state index in [4.69, 9.17) is 4.42 Å². The molecule has 2 nitrogen and oxygen atoms in total. The van der Waals surface area contributed by atoms with Crippen LogP contribution in [0.5, 0.6) is 0 Å². The van der Waals surface area contributed by atoms with Crippen LogP contribution in [-0.2, 0) is 6.42 Å². The van der Waals surface area contributed by atoms with Crippen molar-refractivity contribution in [1.29, 1.82) is 0 Å². The van der Waals surface area contributed by atoms with E-state index in [1.165, 1.54) is 0 Å². The van der Waals surface area contributed by atoms with Crippen molar-refractivity contribution in [2.24, 2.45) is 0 Å². The molecular weight excluding hydrogens is 274 g/mol. The van der Waals surface area contributed by atoms with Crippen LogP contribution in [0.2, 0.25) is 0 Å². The van der Waals surface area contributed by atoms with Gasteiger partial charge in [-0.05, 0) is 36.2 Å². The predicted octanol–water partition coefficient (Wildman–Crippen LogP) is 4.44. The van der Waals surface area contributed by atoms with Gasteiger partial charge < -0.3 is 4.42 Å². The molecule has 0 saturated carbocycles. The first-order chi connectivity index (χ1) is 10.0. The smallest absolute Gasteiger partial charge is 0.202 e. The summed E-state index contributed by atoms with van der Waals surface area (Å²) in [5, 5.41) is 0.837. The monoisotopic (exact) mass is 286 g/mol. The molecule has 0 radical (unpaired) electrons. The number of ketones is 1. The lowest BCUT2D eigenvalue weighted by molar-refractivity contribution is 0.0968. The van der Waals surface area contributed by atoms with Crippen LogP contribution in [0.1, 0.15) is 21.7 Å².